The average molecular weight is 404 g/mol. The fourth-order valence-electron chi connectivity index (χ4n) is 2.07. The Morgan fingerprint density at radius 3 is 2.80 bits per heavy atom. The van der Waals surface area contributed by atoms with Gasteiger partial charge in [-0.15, -0.1) is 0 Å². The van der Waals surface area contributed by atoms with Crippen LogP contribution in [-0.2, 0) is 6.54 Å². The van der Waals surface area contributed by atoms with Crippen molar-refractivity contribution in [3.8, 4) is 5.75 Å². The highest BCUT2D eigenvalue weighted by Crippen LogP contribution is 2.35. The van der Waals surface area contributed by atoms with Crippen LogP contribution in [0.5, 0.6) is 5.75 Å². The van der Waals surface area contributed by atoms with Gasteiger partial charge in [-0.3, -0.25) is 4.68 Å². The Morgan fingerprint density at radius 2 is 2.15 bits per heavy atom. The van der Waals surface area contributed by atoms with Crippen LogP contribution < -0.4 is 4.74 Å². The van der Waals surface area contributed by atoms with Gasteiger partial charge in [-0.25, -0.2) is 0 Å². The lowest BCUT2D eigenvalue weighted by Gasteiger charge is -2.16. The molecule has 0 aliphatic rings. The first-order valence-electron chi connectivity index (χ1n) is 6.31. The van der Waals surface area contributed by atoms with Crippen molar-refractivity contribution in [2.45, 2.75) is 26.0 Å². The van der Waals surface area contributed by atoms with E-state index in [1.165, 1.54) is 0 Å². The quantitative estimate of drug-likeness (QED) is 0.823. The molecule has 20 heavy (non-hydrogen) atoms. The Labute approximate surface area is 135 Å². The van der Waals surface area contributed by atoms with Crippen LogP contribution in [0.3, 0.4) is 0 Å². The average Bonchev–Trinajstić information content (AvgIpc) is 2.84. The molecule has 108 valence electrons. The van der Waals surface area contributed by atoms with Crippen molar-refractivity contribution in [2.75, 3.05) is 7.11 Å². The number of rotatable bonds is 5. The maximum atomic E-state index is 10.7. The van der Waals surface area contributed by atoms with Gasteiger partial charge in [0.25, 0.3) is 0 Å². The van der Waals surface area contributed by atoms with Gasteiger partial charge in [0.05, 0.1) is 13.3 Å². The van der Waals surface area contributed by atoms with Crippen LogP contribution in [0.2, 0.25) is 0 Å². The smallest absolute Gasteiger partial charge is 0.163 e. The van der Waals surface area contributed by atoms with Crippen LogP contribution >= 0.6 is 31.9 Å². The maximum Gasteiger partial charge on any atom is 0.163 e. The molecule has 1 unspecified atom stereocenters. The summed E-state index contributed by atoms with van der Waals surface area (Å²) in [5.41, 5.74) is 1.45. The molecule has 0 amide bonds. The number of nitrogens with zero attached hydrogens (tertiary/aromatic N) is 2. The van der Waals surface area contributed by atoms with Crippen LogP contribution in [0.4, 0.5) is 0 Å². The molecule has 1 aromatic carbocycles. The molecule has 1 atom stereocenters. The Kier molecular flexibility index (Phi) is 5.23. The Hall–Kier alpha value is -0.850. The Morgan fingerprint density at radius 1 is 1.40 bits per heavy atom. The van der Waals surface area contributed by atoms with Gasteiger partial charge in [-0.1, -0.05) is 38.8 Å². The molecule has 1 heterocycles. The predicted molar refractivity (Wildman–Crippen MR) is 85.0 cm³/mol. The second-order valence-corrected chi connectivity index (χ2v) is 6.16. The van der Waals surface area contributed by atoms with Gasteiger partial charge < -0.3 is 9.84 Å². The number of benzene rings is 1. The third-order valence-corrected chi connectivity index (χ3v) is 4.23. The first kappa shape index (κ1) is 15.5. The van der Waals surface area contributed by atoms with Gasteiger partial charge in [0.2, 0.25) is 0 Å². The van der Waals surface area contributed by atoms with E-state index in [0.29, 0.717) is 11.4 Å². The van der Waals surface area contributed by atoms with Gasteiger partial charge in [-0.05, 0) is 24.6 Å². The van der Waals surface area contributed by atoms with Crippen molar-refractivity contribution >= 4 is 31.9 Å². The molecule has 0 fully saturated rings. The second kappa shape index (κ2) is 6.74. The minimum atomic E-state index is -0.800. The first-order valence-corrected chi connectivity index (χ1v) is 7.89. The molecule has 2 aromatic rings. The largest absolute Gasteiger partial charge is 0.493 e. The number of aliphatic hydroxyl groups is 1. The highest BCUT2D eigenvalue weighted by molar-refractivity contribution is 9.11. The summed E-state index contributed by atoms with van der Waals surface area (Å²) in [6.45, 7) is 2.81. The zero-order valence-corrected chi connectivity index (χ0v) is 14.5. The minimum absolute atomic E-state index is 0.595. The van der Waals surface area contributed by atoms with E-state index in [2.05, 4.69) is 43.9 Å². The van der Waals surface area contributed by atoms with Gasteiger partial charge in [0.15, 0.2) is 5.75 Å². The maximum absolute atomic E-state index is 10.7. The number of halogens is 2. The van der Waals surface area contributed by atoms with E-state index in [-0.39, 0.29) is 0 Å². The molecule has 1 aromatic heterocycles. The summed E-state index contributed by atoms with van der Waals surface area (Å²) >= 11 is 6.90. The molecule has 1 N–H and O–H groups in total. The number of aromatic nitrogens is 2. The van der Waals surface area contributed by atoms with Crippen molar-refractivity contribution in [1.82, 2.24) is 9.78 Å². The van der Waals surface area contributed by atoms with E-state index in [1.54, 1.807) is 18.0 Å². The summed E-state index contributed by atoms with van der Waals surface area (Å²) in [7, 11) is 1.58. The number of methoxy groups -OCH3 is 1. The van der Waals surface area contributed by atoms with Gasteiger partial charge in [0, 0.05) is 21.1 Å². The minimum Gasteiger partial charge on any atom is -0.493 e. The van der Waals surface area contributed by atoms with E-state index in [1.807, 2.05) is 18.2 Å². The van der Waals surface area contributed by atoms with Gasteiger partial charge in [-0.2, -0.15) is 5.10 Å². The van der Waals surface area contributed by atoms with Crippen molar-refractivity contribution in [2.24, 2.45) is 0 Å². The molecule has 0 radical (unpaired) electrons. The standard InChI is InChI=1S/C14H16Br2N2O2/c1-3-6-18-13(12(20-2)8-17-18)14(19)10-7-9(15)4-5-11(10)16/h4-5,7-8,14,19H,3,6H2,1-2H3. The molecule has 0 aliphatic heterocycles. The highest BCUT2D eigenvalue weighted by atomic mass is 79.9. The monoisotopic (exact) mass is 402 g/mol. The Balaban J connectivity index is 2.48. The molecule has 4 nitrogen and oxygen atoms in total. The summed E-state index contributed by atoms with van der Waals surface area (Å²) in [5.74, 6) is 0.595. The number of aryl methyl sites for hydroxylation is 1. The van der Waals surface area contributed by atoms with Crippen molar-refractivity contribution in [3.63, 3.8) is 0 Å². The fraction of sp³-hybridized carbons (Fsp3) is 0.357. The van der Waals surface area contributed by atoms with Crippen LogP contribution in [-0.4, -0.2) is 22.0 Å². The summed E-state index contributed by atoms with van der Waals surface area (Å²) in [6, 6.07) is 5.70. The molecule has 6 heteroatoms. The molecule has 0 saturated heterocycles. The van der Waals surface area contributed by atoms with E-state index in [0.717, 1.165) is 27.5 Å². The van der Waals surface area contributed by atoms with Gasteiger partial charge in [0.1, 0.15) is 11.8 Å². The third kappa shape index (κ3) is 3.07. The van der Waals surface area contributed by atoms with Crippen molar-refractivity contribution in [1.29, 1.82) is 0 Å². The molecule has 0 bridgehead atoms. The van der Waals surface area contributed by atoms with E-state index >= 15 is 0 Å². The summed E-state index contributed by atoms with van der Waals surface area (Å²) in [5, 5.41) is 15.0. The van der Waals surface area contributed by atoms with Crippen molar-refractivity contribution in [3.05, 3.63) is 44.6 Å². The molecular formula is C14H16Br2N2O2. The van der Waals surface area contributed by atoms with E-state index in [4.69, 9.17) is 4.74 Å². The Bertz CT molecular complexity index is 599. The topological polar surface area (TPSA) is 47.3 Å². The normalized spacial score (nSPS) is 12.4. The van der Waals surface area contributed by atoms with Crippen LogP contribution in [0.25, 0.3) is 0 Å². The number of hydrogen-bond acceptors (Lipinski definition) is 3. The number of ether oxygens (including phenoxy) is 1. The number of aliphatic hydroxyl groups excluding tert-OH is 1. The van der Waals surface area contributed by atoms with Crippen LogP contribution in [0.15, 0.2) is 33.3 Å². The van der Waals surface area contributed by atoms with Crippen LogP contribution in [0.1, 0.15) is 30.7 Å². The lowest BCUT2D eigenvalue weighted by atomic mass is 10.1. The SMILES string of the molecule is CCCn1ncc(OC)c1C(O)c1cc(Br)ccc1Br. The second-order valence-electron chi connectivity index (χ2n) is 4.39. The van der Waals surface area contributed by atoms with Gasteiger partial charge >= 0.3 is 0 Å². The van der Waals surface area contributed by atoms with E-state index in [9.17, 15) is 5.11 Å². The lowest BCUT2D eigenvalue weighted by Crippen LogP contribution is -2.11. The fourth-order valence-corrected chi connectivity index (χ4v) is 2.91. The lowest BCUT2D eigenvalue weighted by molar-refractivity contribution is 0.201. The highest BCUT2D eigenvalue weighted by Gasteiger charge is 2.23. The molecule has 0 saturated carbocycles. The zero-order chi connectivity index (χ0) is 14.7. The zero-order valence-electron chi connectivity index (χ0n) is 11.3. The number of hydrogen-bond donors (Lipinski definition) is 1. The summed E-state index contributed by atoms with van der Waals surface area (Å²) in [6.07, 6.45) is 1.77. The van der Waals surface area contributed by atoms with Crippen LogP contribution in [0, 0.1) is 0 Å². The van der Waals surface area contributed by atoms with Crippen molar-refractivity contribution < 1.29 is 9.84 Å². The molecular weight excluding hydrogens is 388 g/mol. The first-order chi connectivity index (χ1) is 9.58. The predicted octanol–water partition coefficient (Wildman–Crippen LogP) is 3.91. The summed E-state index contributed by atoms with van der Waals surface area (Å²) < 4.78 is 8.86. The summed E-state index contributed by atoms with van der Waals surface area (Å²) in [4.78, 5) is 0. The van der Waals surface area contributed by atoms with E-state index < -0.39 is 6.10 Å². The molecule has 0 aliphatic carbocycles. The third-order valence-electron chi connectivity index (χ3n) is 3.01. The molecule has 0 spiro atoms. The molecule has 2 rings (SSSR count).